The van der Waals surface area contributed by atoms with Crippen molar-refractivity contribution in [3.8, 4) is 0 Å². The zero-order valence-corrected chi connectivity index (χ0v) is 12.4. The van der Waals surface area contributed by atoms with Gasteiger partial charge < -0.3 is 5.32 Å². The van der Waals surface area contributed by atoms with Crippen LogP contribution in [0.3, 0.4) is 0 Å². The molecule has 1 N–H and O–H groups in total. The minimum absolute atomic E-state index is 0.186. The summed E-state index contributed by atoms with van der Waals surface area (Å²) >= 11 is 3.37. The smallest absolute Gasteiger partial charge is 0.146 e. The van der Waals surface area contributed by atoms with Crippen molar-refractivity contribution in [3.63, 3.8) is 0 Å². The molecule has 2 unspecified atom stereocenters. The number of halogens is 2. The highest BCUT2D eigenvalue weighted by Gasteiger charge is 2.18. The van der Waals surface area contributed by atoms with Crippen LogP contribution in [0.4, 0.5) is 10.1 Å². The molecule has 0 heterocycles. The number of allylic oxidation sites excluding steroid dienone is 2. The molecule has 0 radical (unpaired) electrons. The van der Waals surface area contributed by atoms with E-state index in [-0.39, 0.29) is 5.82 Å². The van der Waals surface area contributed by atoms with Crippen LogP contribution in [0, 0.1) is 17.7 Å². The molecule has 1 nitrogen and oxygen atoms in total. The third-order valence-electron chi connectivity index (χ3n) is 3.39. The van der Waals surface area contributed by atoms with E-state index >= 15 is 0 Å². The number of rotatable bonds is 3. The summed E-state index contributed by atoms with van der Waals surface area (Å²) in [6.45, 7) is 5.26. The van der Waals surface area contributed by atoms with E-state index in [0.29, 0.717) is 17.5 Å². The molecular weight excluding hydrogens is 293 g/mol. The maximum atomic E-state index is 13.6. The Labute approximate surface area is 117 Å². The Hall–Kier alpha value is -0.830. The molecule has 0 saturated heterocycles. The topological polar surface area (TPSA) is 12.0 Å². The lowest BCUT2D eigenvalue weighted by atomic mass is 9.84. The zero-order valence-electron chi connectivity index (χ0n) is 10.8. The number of hydrogen-bond acceptors (Lipinski definition) is 1. The van der Waals surface area contributed by atoms with Gasteiger partial charge in [-0.3, -0.25) is 0 Å². The molecule has 0 amide bonds. The molecule has 2 atom stereocenters. The molecular formula is C15H19BrFN. The summed E-state index contributed by atoms with van der Waals surface area (Å²) in [4.78, 5) is 0. The van der Waals surface area contributed by atoms with Crippen LogP contribution in [0.25, 0.3) is 0 Å². The maximum absolute atomic E-state index is 13.6. The first kappa shape index (κ1) is 13.6. The van der Waals surface area contributed by atoms with E-state index in [0.717, 1.165) is 17.4 Å². The van der Waals surface area contributed by atoms with Crippen LogP contribution in [-0.2, 0) is 0 Å². The lowest BCUT2D eigenvalue weighted by Crippen LogP contribution is -2.20. The normalized spacial score (nSPS) is 23.7. The summed E-state index contributed by atoms with van der Waals surface area (Å²) in [6, 6.07) is 5.00. The highest BCUT2D eigenvalue weighted by atomic mass is 79.9. The van der Waals surface area contributed by atoms with Crippen LogP contribution in [0.15, 0.2) is 34.3 Å². The largest absolute Gasteiger partial charge is 0.382 e. The fraction of sp³-hybridized carbons (Fsp3) is 0.467. The number of nitrogens with one attached hydrogen (secondary N) is 1. The van der Waals surface area contributed by atoms with Crippen LogP contribution in [0.5, 0.6) is 0 Å². The molecule has 18 heavy (non-hydrogen) atoms. The number of hydrogen-bond donors (Lipinski definition) is 1. The average molecular weight is 312 g/mol. The summed E-state index contributed by atoms with van der Waals surface area (Å²) < 4.78 is 14.5. The van der Waals surface area contributed by atoms with Gasteiger partial charge in [0.15, 0.2) is 0 Å². The third-order valence-corrected chi connectivity index (χ3v) is 3.89. The van der Waals surface area contributed by atoms with Crippen LogP contribution >= 0.6 is 15.9 Å². The maximum Gasteiger partial charge on any atom is 0.146 e. The Morgan fingerprint density at radius 3 is 2.94 bits per heavy atom. The molecule has 2 rings (SSSR count). The predicted molar refractivity (Wildman–Crippen MR) is 78.2 cm³/mol. The average Bonchev–Trinajstić information content (AvgIpc) is 2.29. The number of anilines is 1. The first-order chi connectivity index (χ1) is 8.54. The van der Waals surface area contributed by atoms with Gasteiger partial charge in [-0.05, 0) is 49.8 Å². The lowest BCUT2D eigenvalue weighted by Gasteiger charge is -2.26. The van der Waals surface area contributed by atoms with Crippen molar-refractivity contribution >= 4 is 21.6 Å². The minimum Gasteiger partial charge on any atom is -0.382 e. The molecule has 0 bridgehead atoms. The Morgan fingerprint density at radius 1 is 1.44 bits per heavy atom. The SMILES string of the molecule is CC1=CC(C)CC(CNc2cc(Br)ccc2F)C1. The fourth-order valence-corrected chi connectivity index (χ4v) is 3.09. The molecule has 1 aromatic rings. The Morgan fingerprint density at radius 2 is 2.22 bits per heavy atom. The molecule has 0 aromatic heterocycles. The molecule has 0 aliphatic heterocycles. The molecule has 98 valence electrons. The lowest BCUT2D eigenvalue weighted by molar-refractivity contribution is 0.420. The van der Waals surface area contributed by atoms with Crippen LogP contribution in [0.2, 0.25) is 0 Å². The molecule has 0 saturated carbocycles. The minimum atomic E-state index is -0.186. The van der Waals surface area contributed by atoms with Crippen molar-refractivity contribution in [2.75, 3.05) is 11.9 Å². The second-order valence-electron chi connectivity index (χ2n) is 5.30. The first-order valence-electron chi connectivity index (χ1n) is 6.41. The van der Waals surface area contributed by atoms with Gasteiger partial charge in [-0.2, -0.15) is 0 Å². The zero-order chi connectivity index (χ0) is 13.1. The van der Waals surface area contributed by atoms with E-state index in [1.807, 2.05) is 0 Å². The van der Waals surface area contributed by atoms with E-state index in [1.165, 1.54) is 18.1 Å². The fourth-order valence-electron chi connectivity index (χ4n) is 2.73. The van der Waals surface area contributed by atoms with Crippen LogP contribution in [-0.4, -0.2) is 6.54 Å². The second-order valence-corrected chi connectivity index (χ2v) is 6.22. The Bertz CT molecular complexity index is 456. The van der Waals surface area contributed by atoms with E-state index in [9.17, 15) is 4.39 Å². The highest BCUT2D eigenvalue weighted by Crippen LogP contribution is 2.28. The molecule has 3 heteroatoms. The summed E-state index contributed by atoms with van der Waals surface area (Å²) in [6.07, 6.45) is 4.64. The molecule has 1 aliphatic rings. The van der Waals surface area contributed by atoms with Gasteiger partial charge in [0.25, 0.3) is 0 Å². The molecule has 1 aliphatic carbocycles. The predicted octanol–water partition coefficient (Wildman–Crippen LogP) is 4.99. The second kappa shape index (κ2) is 5.87. The molecule has 0 fully saturated rings. The van der Waals surface area contributed by atoms with Crippen LogP contribution in [0.1, 0.15) is 26.7 Å². The van der Waals surface area contributed by atoms with Gasteiger partial charge in [0.1, 0.15) is 5.82 Å². The van der Waals surface area contributed by atoms with Crippen molar-refractivity contribution in [2.45, 2.75) is 26.7 Å². The summed E-state index contributed by atoms with van der Waals surface area (Å²) in [5.41, 5.74) is 2.04. The Kier molecular flexibility index (Phi) is 4.44. The van der Waals surface area contributed by atoms with Crippen molar-refractivity contribution < 1.29 is 4.39 Å². The summed E-state index contributed by atoms with van der Waals surface area (Å²) in [5.74, 6) is 1.05. The van der Waals surface area contributed by atoms with Gasteiger partial charge in [-0.15, -0.1) is 0 Å². The Balaban J connectivity index is 1.96. The van der Waals surface area contributed by atoms with Gasteiger partial charge >= 0.3 is 0 Å². The van der Waals surface area contributed by atoms with E-state index in [2.05, 4.69) is 41.2 Å². The van der Waals surface area contributed by atoms with Crippen LogP contribution < -0.4 is 5.32 Å². The van der Waals surface area contributed by atoms with Crippen molar-refractivity contribution in [3.05, 3.63) is 40.1 Å². The van der Waals surface area contributed by atoms with E-state index in [4.69, 9.17) is 0 Å². The van der Waals surface area contributed by atoms with Gasteiger partial charge in [0.05, 0.1) is 5.69 Å². The number of benzene rings is 1. The summed E-state index contributed by atoms with van der Waals surface area (Å²) in [7, 11) is 0. The van der Waals surface area contributed by atoms with Gasteiger partial charge in [0.2, 0.25) is 0 Å². The van der Waals surface area contributed by atoms with E-state index in [1.54, 1.807) is 12.1 Å². The first-order valence-corrected chi connectivity index (χ1v) is 7.20. The van der Waals surface area contributed by atoms with Gasteiger partial charge in [0, 0.05) is 11.0 Å². The van der Waals surface area contributed by atoms with Crippen molar-refractivity contribution in [1.29, 1.82) is 0 Å². The monoisotopic (exact) mass is 311 g/mol. The third kappa shape index (κ3) is 3.58. The summed E-state index contributed by atoms with van der Waals surface area (Å²) in [5, 5.41) is 3.23. The van der Waals surface area contributed by atoms with Crippen molar-refractivity contribution in [2.24, 2.45) is 11.8 Å². The molecule has 1 aromatic carbocycles. The van der Waals surface area contributed by atoms with E-state index < -0.39 is 0 Å². The molecule has 0 spiro atoms. The van der Waals surface area contributed by atoms with Gasteiger partial charge in [-0.1, -0.05) is 34.5 Å². The highest BCUT2D eigenvalue weighted by molar-refractivity contribution is 9.10. The van der Waals surface area contributed by atoms with Gasteiger partial charge in [-0.25, -0.2) is 4.39 Å². The van der Waals surface area contributed by atoms with Crippen molar-refractivity contribution in [1.82, 2.24) is 0 Å². The quantitative estimate of drug-likeness (QED) is 0.775. The standard InChI is InChI=1S/C15H19BrFN/c1-10-5-11(2)7-12(6-10)9-18-15-8-13(16)3-4-14(15)17/h3-5,8,10,12,18H,6-7,9H2,1-2H3.